The third-order valence-corrected chi connectivity index (χ3v) is 5.17. The minimum atomic E-state index is -0.622. The van der Waals surface area contributed by atoms with Crippen LogP contribution in [0.2, 0.25) is 0 Å². The molecule has 6 heteroatoms. The lowest BCUT2D eigenvalue weighted by molar-refractivity contribution is -0.123. The van der Waals surface area contributed by atoms with Crippen molar-refractivity contribution in [3.05, 3.63) is 71.9 Å². The van der Waals surface area contributed by atoms with Crippen LogP contribution < -0.4 is 10.1 Å². The lowest BCUT2D eigenvalue weighted by Gasteiger charge is -2.30. The van der Waals surface area contributed by atoms with Crippen molar-refractivity contribution >= 4 is 16.8 Å². The van der Waals surface area contributed by atoms with Crippen LogP contribution in [0.25, 0.3) is 10.9 Å². The molecular formula is C23H25N3O3. The fourth-order valence-electron chi connectivity index (χ4n) is 3.69. The molecule has 6 nitrogen and oxygen atoms in total. The Bertz CT molecular complexity index is 987. The van der Waals surface area contributed by atoms with Crippen molar-refractivity contribution in [3.63, 3.8) is 0 Å². The van der Waals surface area contributed by atoms with Gasteiger partial charge in [-0.05, 0) is 29.7 Å². The average Bonchev–Trinajstić information content (AvgIpc) is 2.76. The Morgan fingerprint density at radius 1 is 1.14 bits per heavy atom. The molecule has 4 rings (SSSR count). The first-order valence-electron chi connectivity index (χ1n) is 9.89. The Labute approximate surface area is 170 Å². The Morgan fingerprint density at radius 3 is 2.86 bits per heavy atom. The van der Waals surface area contributed by atoms with E-state index in [9.17, 15) is 9.90 Å². The molecule has 0 saturated heterocycles. The lowest BCUT2D eigenvalue weighted by Crippen LogP contribution is -2.42. The van der Waals surface area contributed by atoms with Gasteiger partial charge in [0.15, 0.2) is 6.61 Å². The smallest absolute Gasteiger partial charge is 0.258 e. The van der Waals surface area contributed by atoms with E-state index >= 15 is 0 Å². The minimum Gasteiger partial charge on any atom is -0.481 e. The molecule has 1 atom stereocenters. The van der Waals surface area contributed by atoms with Crippen molar-refractivity contribution in [3.8, 4) is 5.75 Å². The number of hydrogen-bond donors (Lipinski definition) is 2. The molecule has 0 fully saturated rings. The third-order valence-electron chi connectivity index (χ3n) is 5.17. The van der Waals surface area contributed by atoms with Gasteiger partial charge in [-0.15, -0.1) is 0 Å². The summed E-state index contributed by atoms with van der Waals surface area (Å²) in [6, 6.07) is 17.8. The molecule has 2 N–H and O–H groups in total. The molecule has 0 saturated carbocycles. The average molecular weight is 391 g/mol. The van der Waals surface area contributed by atoms with Gasteiger partial charge in [0.1, 0.15) is 11.3 Å². The van der Waals surface area contributed by atoms with E-state index in [1.165, 1.54) is 11.1 Å². The predicted octanol–water partition coefficient (Wildman–Crippen LogP) is 2.15. The van der Waals surface area contributed by atoms with Gasteiger partial charge in [0.05, 0.1) is 6.10 Å². The zero-order chi connectivity index (χ0) is 20.1. The molecule has 1 aromatic heterocycles. The number of aliphatic hydroxyl groups is 1. The van der Waals surface area contributed by atoms with Gasteiger partial charge in [-0.3, -0.25) is 14.7 Å². The maximum Gasteiger partial charge on any atom is 0.258 e. The van der Waals surface area contributed by atoms with Crippen LogP contribution in [-0.4, -0.2) is 53.2 Å². The largest absolute Gasteiger partial charge is 0.481 e. The molecule has 150 valence electrons. The van der Waals surface area contributed by atoms with E-state index < -0.39 is 6.10 Å². The molecule has 0 radical (unpaired) electrons. The van der Waals surface area contributed by atoms with Gasteiger partial charge in [0, 0.05) is 37.8 Å². The van der Waals surface area contributed by atoms with Crippen LogP contribution in [0.4, 0.5) is 0 Å². The second-order valence-electron chi connectivity index (χ2n) is 7.33. The van der Waals surface area contributed by atoms with E-state index in [-0.39, 0.29) is 19.1 Å². The highest BCUT2D eigenvalue weighted by Gasteiger charge is 2.18. The van der Waals surface area contributed by atoms with Crippen molar-refractivity contribution in [2.45, 2.75) is 19.1 Å². The topological polar surface area (TPSA) is 74.7 Å². The summed E-state index contributed by atoms with van der Waals surface area (Å²) in [5.41, 5.74) is 3.42. The molecule has 0 bridgehead atoms. The first-order chi connectivity index (χ1) is 14.2. The van der Waals surface area contributed by atoms with E-state index in [0.29, 0.717) is 12.3 Å². The summed E-state index contributed by atoms with van der Waals surface area (Å²) >= 11 is 0. The van der Waals surface area contributed by atoms with E-state index in [4.69, 9.17) is 4.74 Å². The fourth-order valence-corrected chi connectivity index (χ4v) is 3.69. The predicted molar refractivity (Wildman–Crippen MR) is 112 cm³/mol. The highest BCUT2D eigenvalue weighted by atomic mass is 16.5. The number of nitrogens with one attached hydrogen (secondary N) is 1. The van der Waals surface area contributed by atoms with Crippen LogP contribution in [0.3, 0.4) is 0 Å². The number of carbonyl (C=O) groups is 1. The van der Waals surface area contributed by atoms with Crippen LogP contribution in [0.15, 0.2) is 60.8 Å². The van der Waals surface area contributed by atoms with Crippen molar-refractivity contribution < 1.29 is 14.6 Å². The highest BCUT2D eigenvalue weighted by molar-refractivity contribution is 5.85. The monoisotopic (exact) mass is 391 g/mol. The Morgan fingerprint density at radius 2 is 1.97 bits per heavy atom. The van der Waals surface area contributed by atoms with Gasteiger partial charge < -0.3 is 15.2 Å². The van der Waals surface area contributed by atoms with Crippen molar-refractivity contribution in [2.75, 3.05) is 26.2 Å². The highest BCUT2D eigenvalue weighted by Crippen LogP contribution is 2.22. The summed E-state index contributed by atoms with van der Waals surface area (Å²) in [7, 11) is 0. The first kappa shape index (κ1) is 19.4. The molecule has 0 unspecified atom stereocenters. The van der Waals surface area contributed by atoms with E-state index in [0.717, 1.165) is 30.4 Å². The number of rotatable bonds is 7. The normalized spacial score (nSPS) is 14.9. The quantitative estimate of drug-likeness (QED) is 0.646. The molecule has 1 aliphatic heterocycles. The molecule has 3 aromatic rings. The zero-order valence-corrected chi connectivity index (χ0v) is 16.3. The second kappa shape index (κ2) is 9.03. The Kier molecular flexibility index (Phi) is 6.03. The molecule has 0 spiro atoms. The molecule has 2 heterocycles. The number of ether oxygens (including phenoxy) is 1. The van der Waals surface area contributed by atoms with Crippen LogP contribution in [-0.2, 0) is 17.8 Å². The number of amides is 1. The van der Waals surface area contributed by atoms with E-state index in [1.807, 2.05) is 30.3 Å². The van der Waals surface area contributed by atoms with Gasteiger partial charge in [-0.2, -0.15) is 0 Å². The van der Waals surface area contributed by atoms with Gasteiger partial charge in [0.2, 0.25) is 0 Å². The SMILES string of the molecule is O=C(COc1cccc2cccnc12)NC[C@@H](O)CN1CCc2ccccc2C1. The number of carbonyl (C=O) groups excluding carboxylic acids is 1. The molecule has 2 aromatic carbocycles. The molecule has 1 amide bonds. The fraction of sp³-hybridized carbons (Fsp3) is 0.304. The van der Waals surface area contributed by atoms with Crippen LogP contribution in [0.1, 0.15) is 11.1 Å². The summed E-state index contributed by atoms with van der Waals surface area (Å²) in [5, 5.41) is 14.0. The second-order valence-corrected chi connectivity index (χ2v) is 7.33. The molecular weight excluding hydrogens is 366 g/mol. The maximum absolute atomic E-state index is 12.1. The summed E-state index contributed by atoms with van der Waals surface area (Å²) in [6.45, 7) is 2.37. The number of fused-ring (bicyclic) bond motifs is 2. The number of hydrogen-bond acceptors (Lipinski definition) is 5. The summed E-state index contributed by atoms with van der Waals surface area (Å²) < 4.78 is 5.64. The van der Waals surface area contributed by atoms with Gasteiger partial charge in [-0.1, -0.05) is 42.5 Å². The Balaban J connectivity index is 1.22. The van der Waals surface area contributed by atoms with Crippen molar-refractivity contribution in [1.82, 2.24) is 15.2 Å². The van der Waals surface area contributed by atoms with E-state index in [1.54, 1.807) is 12.3 Å². The summed E-state index contributed by atoms with van der Waals surface area (Å²) in [6.07, 6.45) is 2.07. The number of benzene rings is 2. The number of β-amino-alcohol motifs (C(OH)–C–C–N with tert-alkyl or cyclic N) is 1. The minimum absolute atomic E-state index is 0.112. The standard InChI is InChI=1S/C23H25N3O3/c27-20(15-26-12-10-17-5-1-2-6-19(17)14-26)13-25-22(28)16-29-21-9-3-7-18-8-4-11-24-23(18)21/h1-9,11,20,27H,10,12-16H2,(H,25,28)/t20-/m1/s1. The van der Waals surface area contributed by atoms with Crippen LogP contribution in [0, 0.1) is 0 Å². The third kappa shape index (κ3) is 4.91. The van der Waals surface area contributed by atoms with Gasteiger partial charge >= 0.3 is 0 Å². The maximum atomic E-state index is 12.1. The molecule has 1 aliphatic rings. The van der Waals surface area contributed by atoms with Crippen LogP contribution >= 0.6 is 0 Å². The number of aromatic nitrogens is 1. The molecule has 0 aliphatic carbocycles. The number of aliphatic hydroxyl groups excluding tert-OH is 1. The Hall–Kier alpha value is -2.96. The number of para-hydroxylation sites is 1. The first-order valence-corrected chi connectivity index (χ1v) is 9.89. The number of pyridine rings is 1. The number of nitrogens with zero attached hydrogens (tertiary/aromatic N) is 2. The van der Waals surface area contributed by atoms with Crippen LogP contribution in [0.5, 0.6) is 5.75 Å². The lowest BCUT2D eigenvalue weighted by atomic mass is 10.00. The zero-order valence-electron chi connectivity index (χ0n) is 16.3. The summed E-state index contributed by atoms with van der Waals surface area (Å²) in [5.74, 6) is 0.312. The van der Waals surface area contributed by atoms with Crippen molar-refractivity contribution in [1.29, 1.82) is 0 Å². The molecule has 29 heavy (non-hydrogen) atoms. The van der Waals surface area contributed by atoms with E-state index in [2.05, 4.69) is 33.4 Å². The van der Waals surface area contributed by atoms with Gasteiger partial charge in [-0.25, -0.2) is 0 Å². The summed E-state index contributed by atoms with van der Waals surface area (Å²) in [4.78, 5) is 18.7. The van der Waals surface area contributed by atoms with Crippen molar-refractivity contribution in [2.24, 2.45) is 0 Å². The van der Waals surface area contributed by atoms with Gasteiger partial charge in [0.25, 0.3) is 5.91 Å².